The second kappa shape index (κ2) is 7.20. The molecule has 0 spiro atoms. The molecule has 0 atom stereocenters. The molecule has 0 bridgehead atoms. The quantitative estimate of drug-likeness (QED) is 0.638. The largest absolute Gasteiger partial charge is 0.480 e. The topological polar surface area (TPSA) is 102 Å². The van der Waals surface area contributed by atoms with Gasteiger partial charge < -0.3 is 10.4 Å². The smallest absolute Gasteiger partial charge is 0.323 e. The van der Waals surface area contributed by atoms with Crippen molar-refractivity contribution in [2.75, 3.05) is 11.9 Å². The van der Waals surface area contributed by atoms with Crippen LogP contribution in [0.15, 0.2) is 47.7 Å². The van der Waals surface area contributed by atoms with E-state index in [0.29, 0.717) is 17.8 Å². The molecule has 3 aromatic rings. The minimum atomic E-state index is -1.09. The summed E-state index contributed by atoms with van der Waals surface area (Å²) in [7, 11) is 1.76. The lowest BCUT2D eigenvalue weighted by molar-refractivity contribution is -0.137. The Morgan fingerprint density at radius 3 is 2.55 bits per heavy atom. The molecular weight excluding hydrogens is 370 g/mol. The number of rotatable bonds is 7. The summed E-state index contributed by atoms with van der Waals surface area (Å²) in [5, 5.41) is 16.5. The van der Waals surface area contributed by atoms with Gasteiger partial charge in [-0.15, -0.1) is 0 Å². The highest BCUT2D eigenvalue weighted by molar-refractivity contribution is 5.69. The van der Waals surface area contributed by atoms with E-state index in [9.17, 15) is 14.7 Å². The average Bonchev–Trinajstić information content (AvgIpc) is 3.35. The van der Waals surface area contributed by atoms with E-state index in [1.165, 1.54) is 21.9 Å². The summed E-state index contributed by atoms with van der Waals surface area (Å²) >= 11 is 0. The van der Waals surface area contributed by atoms with E-state index in [1.54, 1.807) is 24.1 Å². The van der Waals surface area contributed by atoms with Crippen LogP contribution in [0.3, 0.4) is 0 Å². The Morgan fingerprint density at radius 1 is 1.24 bits per heavy atom. The van der Waals surface area contributed by atoms with Crippen LogP contribution in [0.4, 0.5) is 5.82 Å². The number of hydrogen-bond donors (Lipinski definition) is 2. The lowest BCUT2D eigenvalue weighted by Crippen LogP contribution is -2.31. The van der Waals surface area contributed by atoms with Crippen molar-refractivity contribution in [2.24, 2.45) is 7.05 Å². The number of benzene rings is 1. The molecule has 1 aromatic carbocycles. The first-order valence-corrected chi connectivity index (χ1v) is 9.50. The Balaban J connectivity index is 1.62. The molecule has 29 heavy (non-hydrogen) atoms. The fourth-order valence-electron chi connectivity index (χ4n) is 3.56. The monoisotopic (exact) mass is 393 g/mol. The summed E-state index contributed by atoms with van der Waals surface area (Å²) in [6, 6.07) is 8.45. The Labute approximate surface area is 167 Å². The molecule has 150 valence electrons. The highest BCUT2D eigenvalue weighted by Gasteiger charge is 2.44. The molecule has 4 rings (SSSR count). The first-order valence-electron chi connectivity index (χ1n) is 9.50. The summed E-state index contributed by atoms with van der Waals surface area (Å²) in [6.45, 7) is 2.20. The first-order chi connectivity index (χ1) is 13.9. The van der Waals surface area contributed by atoms with Crippen LogP contribution in [-0.4, -0.2) is 37.0 Å². The molecule has 1 fully saturated rings. The predicted octanol–water partition coefficient (Wildman–Crippen LogP) is 2.18. The maximum Gasteiger partial charge on any atom is 0.323 e. The normalized spacial score (nSPS) is 14.6. The molecule has 1 saturated carbocycles. The van der Waals surface area contributed by atoms with Gasteiger partial charge in [-0.25, -0.2) is 4.98 Å². The fraction of sp³-hybridized carbons (Fsp3) is 0.333. The van der Waals surface area contributed by atoms with Crippen LogP contribution >= 0.6 is 0 Å². The summed E-state index contributed by atoms with van der Waals surface area (Å²) in [4.78, 5) is 28.6. The van der Waals surface area contributed by atoms with Crippen molar-refractivity contribution in [3.63, 3.8) is 0 Å². The van der Waals surface area contributed by atoms with Gasteiger partial charge in [-0.2, -0.15) is 5.10 Å². The molecule has 1 aliphatic rings. The molecule has 0 aliphatic heterocycles. The van der Waals surface area contributed by atoms with E-state index >= 15 is 0 Å². The van der Waals surface area contributed by atoms with Gasteiger partial charge in [0.25, 0.3) is 5.56 Å². The van der Waals surface area contributed by atoms with Crippen molar-refractivity contribution in [1.82, 2.24) is 19.3 Å². The second-order valence-corrected chi connectivity index (χ2v) is 7.68. The van der Waals surface area contributed by atoms with E-state index in [0.717, 1.165) is 12.8 Å². The van der Waals surface area contributed by atoms with Crippen LogP contribution in [0.2, 0.25) is 0 Å². The van der Waals surface area contributed by atoms with Gasteiger partial charge in [-0.05, 0) is 25.3 Å². The van der Waals surface area contributed by atoms with Crippen molar-refractivity contribution < 1.29 is 9.90 Å². The second-order valence-electron chi connectivity index (χ2n) is 7.68. The van der Waals surface area contributed by atoms with Crippen LogP contribution in [0.25, 0.3) is 11.3 Å². The molecule has 0 saturated heterocycles. The van der Waals surface area contributed by atoms with Gasteiger partial charge in [0.15, 0.2) is 5.82 Å². The number of aliphatic carboxylic acids is 1. The fourth-order valence-corrected chi connectivity index (χ4v) is 3.56. The van der Waals surface area contributed by atoms with Gasteiger partial charge in [0, 0.05) is 30.8 Å². The van der Waals surface area contributed by atoms with Gasteiger partial charge in [0.1, 0.15) is 6.54 Å². The van der Waals surface area contributed by atoms with Crippen molar-refractivity contribution in [3.8, 4) is 11.3 Å². The van der Waals surface area contributed by atoms with E-state index in [2.05, 4.69) is 46.6 Å². The van der Waals surface area contributed by atoms with Crippen molar-refractivity contribution in [2.45, 2.75) is 31.7 Å². The SMILES string of the molecule is Cc1ccc(C2(CNc3ncc(-c4cnn(C)c4)n(CC(=O)O)c3=O)CC2)cc1. The van der Waals surface area contributed by atoms with Crippen LogP contribution < -0.4 is 10.9 Å². The number of nitrogens with zero attached hydrogens (tertiary/aromatic N) is 4. The Morgan fingerprint density at radius 2 is 1.97 bits per heavy atom. The summed E-state index contributed by atoms with van der Waals surface area (Å²) in [5.41, 5.74) is 3.07. The predicted molar refractivity (Wildman–Crippen MR) is 109 cm³/mol. The Kier molecular flexibility index (Phi) is 4.70. The minimum Gasteiger partial charge on any atom is -0.480 e. The molecule has 8 heteroatoms. The third-order valence-electron chi connectivity index (χ3n) is 5.46. The third-order valence-corrected chi connectivity index (χ3v) is 5.46. The molecule has 2 heterocycles. The summed E-state index contributed by atoms with van der Waals surface area (Å²) in [5.74, 6) is -0.926. The van der Waals surface area contributed by atoms with E-state index < -0.39 is 18.1 Å². The number of aromatic nitrogens is 4. The Bertz CT molecular complexity index is 1110. The van der Waals surface area contributed by atoms with Gasteiger partial charge in [-0.1, -0.05) is 29.8 Å². The van der Waals surface area contributed by atoms with Gasteiger partial charge in [0.05, 0.1) is 18.1 Å². The molecular formula is C21H23N5O3. The van der Waals surface area contributed by atoms with Crippen LogP contribution in [0, 0.1) is 6.92 Å². The molecule has 2 N–H and O–H groups in total. The number of nitrogens with one attached hydrogen (secondary N) is 1. The zero-order chi connectivity index (χ0) is 20.6. The van der Waals surface area contributed by atoms with Gasteiger partial charge in [0.2, 0.25) is 0 Å². The third kappa shape index (κ3) is 3.78. The van der Waals surface area contributed by atoms with Crippen LogP contribution in [0.5, 0.6) is 0 Å². The molecule has 1 aliphatic carbocycles. The molecule has 0 radical (unpaired) electrons. The van der Waals surface area contributed by atoms with Crippen molar-refractivity contribution in [3.05, 3.63) is 64.3 Å². The first kappa shape index (κ1) is 18.9. The summed E-state index contributed by atoms with van der Waals surface area (Å²) < 4.78 is 2.82. The lowest BCUT2D eigenvalue weighted by Gasteiger charge is -2.18. The number of carbonyl (C=O) groups is 1. The van der Waals surface area contributed by atoms with Crippen LogP contribution in [0.1, 0.15) is 24.0 Å². The number of hydrogen-bond acceptors (Lipinski definition) is 5. The number of carboxylic acid groups (broad SMARTS) is 1. The number of anilines is 1. The van der Waals surface area contributed by atoms with E-state index in [1.807, 2.05) is 0 Å². The number of aryl methyl sites for hydroxylation is 2. The van der Waals surface area contributed by atoms with Gasteiger partial charge >= 0.3 is 5.97 Å². The Hall–Kier alpha value is -3.42. The molecule has 0 unspecified atom stereocenters. The minimum absolute atomic E-state index is 0.00146. The highest BCUT2D eigenvalue weighted by atomic mass is 16.4. The maximum absolute atomic E-state index is 13.0. The average molecular weight is 393 g/mol. The lowest BCUT2D eigenvalue weighted by atomic mass is 9.95. The highest BCUT2D eigenvalue weighted by Crippen LogP contribution is 2.48. The summed E-state index contributed by atoms with van der Waals surface area (Å²) in [6.07, 6.45) is 6.91. The molecule has 8 nitrogen and oxygen atoms in total. The maximum atomic E-state index is 13.0. The number of carboxylic acids is 1. The van der Waals surface area contributed by atoms with Crippen LogP contribution in [-0.2, 0) is 23.8 Å². The van der Waals surface area contributed by atoms with Crippen molar-refractivity contribution in [1.29, 1.82) is 0 Å². The standard InChI is InChI=1S/C21H23N5O3/c1-14-3-5-16(6-4-14)21(7-8-21)13-23-19-20(29)26(12-18(27)28)17(10-22-19)15-9-24-25(2)11-15/h3-6,9-11H,7-8,12-13H2,1-2H3,(H,22,23)(H,27,28). The van der Waals surface area contributed by atoms with E-state index in [4.69, 9.17) is 0 Å². The van der Waals surface area contributed by atoms with Crippen molar-refractivity contribution >= 4 is 11.8 Å². The van der Waals surface area contributed by atoms with E-state index in [-0.39, 0.29) is 11.2 Å². The van der Waals surface area contributed by atoms with Gasteiger partial charge in [-0.3, -0.25) is 18.8 Å². The molecule has 2 aromatic heterocycles. The molecule has 0 amide bonds. The zero-order valence-electron chi connectivity index (χ0n) is 16.4. The zero-order valence-corrected chi connectivity index (χ0v) is 16.4.